The van der Waals surface area contributed by atoms with Gasteiger partial charge < -0.3 is 14.6 Å². The number of carbonyl (C=O) groups excluding carboxylic acids is 1. The summed E-state index contributed by atoms with van der Waals surface area (Å²) in [5, 5.41) is 8.82. The average molecular weight is 389 g/mol. The normalized spacial score (nSPS) is 21.2. The van der Waals surface area contributed by atoms with Gasteiger partial charge in [-0.3, -0.25) is 10.2 Å². The van der Waals surface area contributed by atoms with Crippen LogP contribution in [-0.4, -0.2) is 48.3 Å². The zero-order valence-corrected chi connectivity index (χ0v) is 16.9. The second-order valence-electron chi connectivity index (χ2n) is 7.27. The average Bonchev–Trinajstić information content (AvgIpc) is 3.00. The molecule has 1 aromatic carbocycles. The van der Waals surface area contributed by atoms with Crippen molar-refractivity contribution in [3.05, 3.63) is 42.5 Å². The molecule has 1 amide bonds. The molecule has 1 heterocycles. The molecular formula is C21H31N3O4. The number of hydrogen-bond acceptors (Lipinski definition) is 6. The maximum Gasteiger partial charge on any atom is 0.266 e. The first-order valence-electron chi connectivity index (χ1n) is 9.67. The predicted octanol–water partition coefficient (Wildman–Crippen LogP) is 2.20. The van der Waals surface area contributed by atoms with Gasteiger partial charge in [0.2, 0.25) is 5.90 Å². The summed E-state index contributed by atoms with van der Waals surface area (Å²) in [5.74, 6) is 1.30. The number of amides is 1. The van der Waals surface area contributed by atoms with E-state index < -0.39 is 11.6 Å². The van der Waals surface area contributed by atoms with E-state index in [9.17, 15) is 4.79 Å². The summed E-state index contributed by atoms with van der Waals surface area (Å²) >= 11 is 0. The molecule has 28 heavy (non-hydrogen) atoms. The second-order valence-corrected chi connectivity index (χ2v) is 7.27. The van der Waals surface area contributed by atoms with Crippen molar-refractivity contribution in [1.82, 2.24) is 10.9 Å². The number of aliphatic imine (C=N–C) groups is 1. The summed E-state index contributed by atoms with van der Waals surface area (Å²) in [5.41, 5.74) is 5.43. The number of rotatable bonds is 11. The number of nitrogens with one attached hydrogen (secondary N) is 2. The van der Waals surface area contributed by atoms with Crippen LogP contribution in [0.4, 0.5) is 0 Å². The van der Waals surface area contributed by atoms with Crippen molar-refractivity contribution in [3.63, 3.8) is 0 Å². The molecule has 3 N–H and O–H groups in total. The van der Waals surface area contributed by atoms with Gasteiger partial charge in [0.1, 0.15) is 11.9 Å². The lowest BCUT2D eigenvalue weighted by atomic mass is 9.90. The predicted molar refractivity (Wildman–Crippen MR) is 109 cm³/mol. The van der Waals surface area contributed by atoms with Gasteiger partial charge in [-0.1, -0.05) is 19.9 Å². The summed E-state index contributed by atoms with van der Waals surface area (Å²) in [7, 11) is 0. The van der Waals surface area contributed by atoms with Crippen LogP contribution in [0.15, 0.2) is 41.9 Å². The summed E-state index contributed by atoms with van der Waals surface area (Å²) in [6.07, 6.45) is 2.21. The van der Waals surface area contributed by atoms with Crippen molar-refractivity contribution >= 4 is 11.8 Å². The van der Waals surface area contributed by atoms with E-state index in [0.717, 1.165) is 5.56 Å². The fraction of sp³-hybridized carbons (Fsp3) is 0.524. The molecule has 0 aromatic heterocycles. The third-order valence-electron chi connectivity index (χ3n) is 4.50. The minimum atomic E-state index is -1.06. The van der Waals surface area contributed by atoms with Crippen molar-refractivity contribution in [2.45, 2.75) is 45.3 Å². The van der Waals surface area contributed by atoms with Crippen LogP contribution in [0.2, 0.25) is 0 Å². The Hall–Kier alpha value is -2.38. The van der Waals surface area contributed by atoms with Crippen LogP contribution in [0.3, 0.4) is 0 Å². The Kier molecular flexibility index (Phi) is 8.02. The number of nitrogens with zero attached hydrogens (tertiary/aromatic N) is 1. The smallest absolute Gasteiger partial charge is 0.266 e. The van der Waals surface area contributed by atoms with Crippen LogP contribution in [-0.2, 0) is 9.53 Å². The molecule has 154 valence electrons. The van der Waals surface area contributed by atoms with Crippen LogP contribution in [0.1, 0.15) is 39.2 Å². The Morgan fingerprint density at radius 3 is 2.75 bits per heavy atom. The lowest BCUT2D eigenvalue weighted by Crippen LogP contribution is -2.55. The van der Waals surface area contributed by atoms with Gasteiger partial charge in [-0.15, -0.1) is 6.58 Å². The van der Waals surface area contributed by atoms with Crippen molar-refractivity contribution in [2.75, 3.05) is 19.8 Å². The Labute approximate surface area is 166 Å². The lowest BCUT2D eigenvalue weighted by Gasteiger charge is -2.27. The molecule has 0 fully saturated rings. The molecule has 0 saturated carbocycles. The molecule has 7 heteroatoms. The zero-order chi connectivity index (χ0) is 20.6. The van der Waals surface area contributed by atoms with Gasteiger partial charge >= 0.3 is 0 Å². The van der Waals surface area contributed by atoms with E-state index in [1.54, 1.807) is 6.08 Å². The van der Waals surface area contributed by atoms with E-state index in [0.29, 0.717) is 43.6 Å². The molecule has 0 spiro atoms. The van der Waals surface area contributed by atoms with Gasteiger partial charge in [-0.2, -0.15) is 0 Å². The standard InChI is InChI=1S/C21H31N3O4/c1-5-11-21(20(26)24-22-14-15(2)3)16(4)28-19(23-21)17-7-9-18(10-8-17)27-13-6-12-25/h5,7-10,15-16,22,25H,1,6,11-14H2,2-4H3,(H,24,26)/t16-,21-/m0/s1. The highest BCUT2D eigenvalue weighted by atomic mass is 16.5. The maximum absolute atomic E-state index is 12.9. The molecule has 0 bridgehead atoms. The van der Waals surface area contributed by atoms with E-state index in [2.05, 4.69) is 36.3 Å². The molecule has 0 aliphatic carbocycles. The van der Waals surface area contributed by atoms with Crippen LogP contribution in [0.25, 0.3) is 0 Å². The summed E-state index contributed by atoms with van der Waals surface area (Å²) in [6, 6.07) is 7.33. The fourth-order valence-electron chi connectivity index (χ4n) is 2.85. The first kappa shape index (κ1) is 21.9. The Bertz CT molecular complexity index is 687. The van der Waals surface area contributed by atoms with Crippen molar-refractivity contribution in [1.29, 1.82) is 0 Å². The minimum absolute atomic E-state index is 0.0973. The van der Waals surface area contributed by atoms with Gasteiger partial charge in [-0.25, -0.2) is 10.4 Å². The number of hydrogen-bond donors (Lipinski definition) is 3. The number of aliphatic hydroxyl groups is 1. The lowest BCUT2D eigenvalue weighted by molar-refractivity contribution is -0.129. The molecule has 0 unspecified atom stereocenters. The molecule has 2 atom stereocenters. The molecule has 0 saturated heterocycles. The Morgan fingerprint density at radius 2 is 2.14 bits per heavy atom. The first-order chi connectivity index (χ1) is 13.4. The van der Waals surface area contributed by atoms with Gasteiger partial charge in [0.15, 0.2) is 5.54 Å². The number of aliphatic hydroxyl groups excluding tert-OH is 1. The second kappa shape index (κ2) is 10.2. The van der Waals surface area contributed by atoms with Gasteiger partial charge in [-0.05, 0) is 37.1 Å². The largest absolute Gasteiger partial charge is 0.494 e. The summed E-state index contributed by atoms with van der Waals surface area (Å²) in [6.45, 7) is 11.0. The molecular weight excluding hydrogens is 358 g/mol. The summed E-state index contributed by atoms with van der Waals surface area (Å²) in [4.78, 5) is 17.5. The molecule has 2 rings (SSSR count). The number of benzene rings is 1. The topological polar surface area (TPSA) is 92.2 Å². The highest BCUT2D eigenvalue weighted by Gasteiger charge is 2.49. The molecule has 7 nitrogen and oxygen atoms in total. The van der Waals surface area contributed by atoms with Gasteiger partial charge in [0.25, 0.3) is 5.91 Å². The van der Waals surface area contributed by atoms with Crippen LogP contribution in [0, 0.1) is 5.92 Å². The Balaban J connectivity index is 2.15. The van der Waals surface area contributed by atoms with Crippen molar-refractivity contribution < 1.29 is 19.4 Å². The number of ether oxygens (including phenoxy) is 2. The van der Waals surface area contributed by atoms with Gasteiger partial charge in [0.05, 0.1) is 6.61 Å². The number of carbonyl (C=O) groups is 1. The molecule has 1 aliphatic rings. The van der Waals surface area contributed by atoms with Crippen LogP contribution in [0.5, 0.6) is 5.75 Å². The number of hydrazine groups is 1. The van der Waals surface area contributed by atoms with Crippen LogP contribution >= 0.6 is 0 Å². The fourth-order valence-corrected chi connectivity index (χ4v) is 2.85. The molecule has 0 radical (unpaired) electrons. The first-order valence-corrected chi connectivity index (χ1v) is 9.67. The highest BCUT2D eigenvalue weighted by Crippen LogP contribution is 2.32. The van der Waals surface area contributed by atoms with E-state index in [1.807, 2.05) is 31.2 Å². The third-order valence-corrected chi connectivity index (χ3v) is 4.50. The van der Waals surface area contributed by atoms with Crippen molar-refractivity contribution in [3.8, 4) is 5.75 Å². The highest BCUT2D eigenvalue weighted by molar-refractivity contribution is 6.00. The SMILES string of the molecule is C=CC[C@]1(C(=O)NNCC(C)C)N=C(c2ccc(OCCCO)cc2)O[C@H]1C. The minimum Gasteiger partial charge on any atom is -0.494 e. The third kappa shape index (κ3) is 5.33. The van der Waals surface area contributed by atoms with Crippen molar-refractivity contribution in [2.24, 2.45) is 10.9 Å². The molecule has 1 aliphatic heterocycles. The summed E-state index contributed by atoms with van der Waals surface area (Å²) < 4.78 is 11.5. The van der Waals surface area contributed by atoms with E-state index in [4.69, 9.17) is 14.6 Å². The maximum atomic E-state index is 12.9. The van der Waals surface area contributed by atoms with Crippen LogP contribution < -0.4 is 15.6 Å². The Morgan fingerprint density at radius 1 is 1.43 bits per heavy atom. The quantitative estimate of drug-likeness (QED) is 0.307. The zero-order valence-electron chi connectivity index (χ0n) is 16.9. The molecule has 1 aromatic rings. The van der Waals surface area contributed by atoms with Gasteiger partial charge in [0, 0.05) is 31.6 Å². The van der Waals surface area contributed by atoms with E-state index in [1.165, 1.54) is 0 Å². The van der Waals surface area contributed by atoms with E-state index >= 15 is 0 Å². The monoisotopic (exact) mass is 389 g/mol. The van der Waals surface area contributed by atoms with E-state index in [-0.39, 0.29) is 12.5 Å².